The zero-order valence-electron chi connectivity index (χ0n) is 11.9. The molecule has 1 saturated heterocycles. The molecule has 5 nitrogen and oxygen atoms in total. The number of amides is 1. The summed E-state index contributed by atoms with van der Waals surface area (Å²) in [7, 11) is 3.36. The average molecular weight is 355 g/mol. The molecule has 0 saturated carbocycles. The van der Waals surface area contributed by atoms with Crippen LogP contribution in [-0.4, -0.2) is 50.6 Å². The Morgan fingerprint density at radius 3 is 2.90 bits per heavy atom. The van der Waals surface area contributed by atoms with E-state index in [1.807, 2.05) is 6.07 Å². The first-order valence-corrected chi connectivity index (χ1v) is 7.33. The van der Waals surface area contributed by atoms with E-state index in [2.05, 4.69) is 21.2 Å². The largest absolute Gasteiger partial charge is 0.355 e. The van der Waals surface area contributed by atoms with Crippen LogP contribution >= 0.6 is 15.9 Å². The summed E-state index contributed by atoms with van der Waals surface area (Å²) in [6.07, 6.45) is 0. The molecular formula is C14H16BrFN4O. The van der Waals surface area contributed by atoms with E-state index in [0.717, 1.165) is 0 Å². The molecule has 1 atom stereocenters. The van der Waals surface area contributed by atoms with Crippen LogP contribution in [0, 0.1) is 17.1 Å². The maximum atomic E-state index is 14.5. The molecule has 2 rings (SSSR count). The summed E-state index contributed by atoms with van der Waals surface area (Å²) in [6, 6.07) is 4.58. The molecular weight excluding hydrogens is 339 g/mol. The van der Waals surface area contributed by atoms with Gasteiger partial charge in [0.1, 0.15) is 12.1 Å². The Balaban J connectivity index is 2.41. The molecule has 0 bridgehead atoms. The summed E-state index contributed by atoms with van der Waals surface area (Å²) < 4.78 is 14.6. The van der Waals surface area contributed by atoms with Gasteiger partial charge in [0, 0.05) is 33.7 Å². The van der Waals surface area contributed by atoms with Gasteiger partial charge < -0.3 is 15.1 Å². The Morgan fingerprint density at radius 2 is 2.29 bits per heavy atom. The number of benzene rings is 1. The molecule has 1 unspecified atom stereocenters. The van der Waals surface area contributed by atoms with Crippen LogP contribution in [0.1, 0.15) is 5.56 Å². The van der Waals surface area contributed by atoms with E-state index in [9.17, 15) is 9.18 Å². The Hall–Kier alpha value is -1.65. The molecule has 0 aromatic heterocycles. The number of carbonyl (C=O) groups is 1. The number of hydrogen-bond donors (Lipinski definition) is 1. The third kappa shape index (κ3) is 3.01. The standard InChI is InChI=1S/C14H16BrFN4O/c1-19(2)14(21)11-8-18-5-6-20(11)10-4-3-9(7-17)12(15)13(10)16/h3-4,11,18H,5-6,8H2,1-2H3. The van der Waals surface area contributed by atoms with E-state index in [4.69, 9.17) is 5.26 Å². The summed E-state index contributed by atoms with van der Waals surface area (Å²) in [6.45, 7) is 1.67. The van der Waals surface area contributed by atoms with Gasteiger partial charge in [-0.2, -0.15) is 5.26 Å². The highest BCUT2D eigenvalue weighted by Crippen LogP contribution is 2.30. The lowest BCUT2D eigenvalue weighted by Gasteiger charge is -2.38. The first-order chi connectivity index (χ1) is 9.97. The summed E-state index contributed by atoms with van der Waals surface area (Å²) in [5.74, 6) is -0.588. The van der Waals surface area contributed by atoms with Crippen molar-refractivity contribution in [3.05, 3.63) is 28.0 Å². The number of nitrogens with one attached hydrogen (secondary N) is 1. The Morgan fingerprint density at radius 1 is 1.57 bits per heavy atom. The molecule has 1 aromatic carbocycles. The number of rotatable bonds is 2. The highest BCUT2D eigenvalue weighted by molar-refractivity contribution is 9.10. The van der Waals surface area contributed by atoms with Crippen molar-refractivity contribution >= 4 is 27.5 Å². The van der Waals surface area contributed by atoms with Gasteiger partial charge in [-0.05, 0) is 28.1 Å². The van der Waals surface area contributed by atoms with Crippen molar-refractivity contribution in [1.29, 1.82) is 5.26 Å². The van der Waals surface area contributed by atoms with E-state index >= 15 is 0 Å². The van der Waals surface area contributed by atoms with Crippen molar-refractivity contribution in [2.75, 3.05) is 38.6 Å². The number of carbonyl (C=O) groups excluding carboxylic acids is 1. The van der Waals surface area contributed by atoms with Crippen molar-refractivity contribution in [1.82, 2.24) is 10.2 Å². The van der Waals surface area contributed by atoms with Gasteiger partial charge in [-0.15, -0.1) is 0 Å². The molecule has 0 radical (unpaired) electrons. The van der Waals surface area contributed by atoms with Crippen LogP contribution in [0.2, 0.25) is 0 Å². The lowest BCUT2D eigenvalue weighted by molar-refractivity contribution is -0.130. The van der Waals surface area contributed by atoms with E-state index < -0.39 is 11.9 Å². The molecule has 7 heteroatoms. The number of nitrogens with zero attached hydrogens (tertiary/aromatic N) is 3. The topological polar surface area (TPSA) is 59.4 Å². The molecule has 1 aliphatic heterocycles. The molecule has 1 amide bonds. The predicted octanol–water partition coefficient (Wildman–Crippen LogP) is 1.33. The van der Waals surface area contributed by atoms with E-state index in [0.29, 0.717) is 25.3 Å². The van der Waals surface area contributed by atoms with Crippen LogP contribution in [0.15, 0.2) is 16.6 Å². The first kappa shape index (κ1) is 15.7. The first-order valence-electron chi connectivity index (χ1n) is 6.54. The normalized spacial score (nSPS) is 18.2. The zero-order chi connectivity index (χ0) is 15.6. The average Bonchev–Trinajstić information content (AvgIpc) is 2.49. The second-order valence-corrected chi connectivity index (χ2v) is 5.81. The highest BCUT2D eigenvalue weighted by atomic mass is 79.9. The van der Waals surface area contributed by atoms with Crippen LogP contribution in [0.3, 0.4) is 0 Å². The van der Waals surface area contributed by atoms with Gasteiger partial charge in [-0.1, -0.05) is 0 Å². The van der Waals surface area contributed by atoms with Crippen molar-refractivity contribution in [2.24, 2.45) is 0 Å². The van der Waals surface area contributed by atoms with Gasteiger partial charge in [0.25, 0.3) is 0 Å². The second kappa shape index (κ2) is 6.41. The molecule has 0 spiro atoms. The molecule has 1 fully saturated rings. The summed E-state index contributed by atoms with van der Waals surface area (Å²) >= 11 is 3.11. The molecule has 0 aliphatic carbocycles. The van der Waals surface area contributed by atoms with Gasteiger partial charge in [-0.3, -0.25) is 4.79 Å². The smallest absolute Gasteiger partial charge is 0.246 e. The Kier molecular flexibility index (Phi) is 4.80. The molecule has 1 aromatic rings. The SMILES string of the molecule is CN(C)C(=O)C1CNCCN1c1ccc(C#N)c(Br)c1F. The molecule has 21 heavy (non-hydrogen) atoms. The zero-order valence-corrected chi connectivity index (χ0v) is 13.4. The van der Waals surface area contributed by atoms with Gasteiger partial charge >= 0.3 is 0 Å². The van der Waals surface area contributed by atoms with E-state index in [-0.39, 0.29) is 15.9 Å². The van der Waals surface area contributed by atoms with Crippen molar-refractivity contribution in [2.45, 2.75) is 6.04 Å². The molecule has 1 heterocycles. The monoisotopic (exact) mass is 354 g/mol. The number of anilines is 1. The lowest BCUT2D eigenvalue weighted by Crippen LogP contribution is -2.58. The molecule has 1 aliphatic rings. The minimum Gasteiger partial charge on any atom is -0.355 e. The number of hydrogen-bond acceptors (Lipinski definition) is 4. The fourth-order valence-electron chi connectivity index (χ4n) is 2.36. The Labute approximate surface area is 131 Å². The van der Waals surface area contributed by atoms with Crippen molar-refractivity contribution in [3.8, 4) is 6.07 Å². The third-order valence-electron chi connectivity index (χ3n) is 3.46. The summed E-state index contributed by atoms with van der Waals surface area (Å²) in [5.41, 5.74) is 0.574. The summed E-state index contributed by atoms with van der Waals surface area (Å²) in [4.78, 5) is 15.5. The van der Waals surface area contributed by atoms with Crippen LogP contribution < -0.4 is 10.2 Å². The minimum atomic E-state index is -0.507. The number of halogens is 2. The number of likely N-dealkylation sites (N-methyl/N-ethyl adjacent to an activating group) is 1. The van der Waals surface area contributed by atoms with E-state index in [1.54, 1.807) is 31.1 Å². The maximum Gasteiger partial charge on any atom is 0.246 e. The highest BCUT2D eigenvalue weighted by Gasteiger charge is 2.32. The Bertz CT molecular complexity index is 599. The van der Waals surface area contributed by atoms with Gasteiger partial charge in [0.05, 0.1) is 15.7 Å². The van der Waals surface area contributed by atoms with Gasteiger partial charge in [0.15, 0.2) is 5.82 Å². The molecule has 1 N–H and O–H groups in total. The van der Waals surface area contributed by atoms with E-state index in [1.165, 1.54) is 4.90 Å². The lowest BCUT2D eigenvalue weighted by atomic mass is 10.1. The second-order valence-electron chi connectivity index (χ2n) is 5.02. The van der Waals surface area contributed by atoms with Crippen molar-refractivity contribution < 1.29 is 9.18 Å². The van der Waals surface area contributed by atoms with Crippen LogP contribution in [0.5, 0.6) is 0 Å². The predicted molar refractivity (Wildman–Crippen MR) is 81.5 cm³/mol. The van der Waals surface area contributed by atoms with Crippen molar-refractivity contribution in [3.63, 3.8) is 0 Å². The fraction of sp³-hybridized carbons (Fsp3) is 0.429. The van der Waals surface area contributed by atoms with Crippen LogP contribution in [-0.2, 0) is 4.79 Å². The number of nitriles is 1. The van der Waals surface area contributed by atoms with Gasteiger partial charge in [-0.25, -0.2) is 4.39 Å². The fourth-order valence-corrected chi connectivity index (χ4v) is 2.78. The van der Waals surface area contributed by atoms with Crippen LogP contribution in [0.4, 0.5) is 10.1 Å². The summed E-state index contributed by atoms with van der Waals surface area (Å²) in [5, 5.41) is 12.1. The maximum absolute atomic E-state index is 14.5. The van der Waals surface area contributed by atoms with Crippen LogP contribution in [0.25, 0.3) is 0 Å². The third-order valence-corrected chi connectivity index (χ3v) is 4.24. The number of piperazine rings is 1. The quantitative estimate of drug-likeness (QED) is 0.870. The van der Waals surface area contributed by atoms with Gasteiger partial charge in [0.2, 0.25) is 5.91 Å². The molecule has 112 valence electrons. The minimum absolute atomic E-state index is 0.0814.